The molecule has 0 unspecified atom stereocenters. The van der Waals surface area contributed by atoms with Crippen LogP contribution in [0.2, 0.25) is 0 Å². The van der Waals surface area contributed by atoms with Crippen molar-refractivity contribution >= 4 is 16.9 Å². The highest BCUT2D eigenvalue weighted by Gasteiger charge is 2.20. The Morgan fingerprint density at radius 3 is 2.41 bits per heavy atom. The average Bonchev–Trinajstić information content (AvgIpc) is 2.43. The van der Waals surface area contributed by atoms with Gasteiger partial charge in [-0.05, 0) is 18.8 Å². The van der Waals surface area contributed by atoms with Gasteiger partial charge >= 0.3 is 0 Å². The van der Waals surface area contributed by atoms with Gasteiger partial charge in [-0.1, -0.05) is 20.8 Å². The van der Waals surface area contributed by atoms with Crippen molar-refractivity contribution in [1.29, 1.82) is 0 Å². The predicted octanol–water partition coefficient (Wildman–Crippen LogP) is 1.84. The van der Waals surface area contributed by atoms with Crippen molar-refractivity contribution in [2.24, 2.45) is 12.5 Å². The van der Waals surface area contributed by atoms with Gasteiger partial charge < -0.3 is 5.73 Å². The first-order valence-electron chi connectivity index (χ1n) is 5.73. The van der Waals surface area contributed by atoms with Gasteiger partial charge in [0, 0.05) is 7.05 Å². The van der Waals surface area contributed by atoms with Gasteiger partial charge in [-0.15, -0.1) is 0 Å². The number of nitrogens with two attached hydrogens (primary N) is 1. The lowest BCUT2D eigenvalue weighted by Crippen LogP contribution is -2.13. The standard InChI is InChI=1S/C12H19N5/c1-7-14-9-8(6-12(2,3)4)17(5)16-10(9)11(13)15-7/h6H2,1-5H3,(H2,13,14,15). The summed E-state index contributed by atoms with van der Waals surface area (Å²) in [6, 6.07) is 0. The topological polar surface area (TPSA) is 69.6 Å². The summed E-state index contributed by atoms with van der Waals surface area (Å²) < 4.78 is 1.86. The van der Waals surface area contributed by atoms with Crippen molar-refractivity contribution in [1.82, 2.24) is 19.7 Å². The number of hydrogen-bond acceptors (Lipinski definition) is 4. The summed E-state index contributed by atoms with van der Waals surface area (Å²) in [6.07, 6.45) is 0.913. The van der Waals surface area contributed by atoms with Crippen LogP contribution >= 0.6 is 0 Å². The van der Waals surface area contributed by atoms with E-state index in [-0.39, 0.29) is 5.41 Å². The minimum Gasteiger partial charge on any atom is -0.382 e. The number of fused-ring (bicyclic) bond motifs is 1. The lowest BCUT2D eigenvalue weighted by atomic mass is 9.90. The Balaban J connectivity index is 2.66. The third-order valence-electron chi connectivity index (χ3n) is 2.63. The van der Waals surface area contributed by atoms with E-state index in [0.29, 0.717) is 17.2 Å². The third-order valence-corrected chi connectivity index (χ3v) is 2.63. The monoisotopic (exact) mass is 233 g/mol. The summed E-state index contributed by atoms with van der Waals surface area (Å²) in [7, 11) is 1.93. The number of rotatable bonds is 1. The zero-order chi connectivity index (χ0) is 12.8. The van der Waals surface area contributed by atoms with Crippen LogP contribution in [0.5, 0.6) is 0 Å². The molecular formula is C12H19N5. The van der Waals surface area contributed by atoms with E-state index in [4.69, 9.17) is 5.73 Å². The molecule has 2 N–H and O–H groups in total. The van der Waals surface area contributed by atoms with E-state index in [1.807, 2.05) is 18.7 Å². The number of nitrogens with zero attached hydrogens (tertiary/aromatic N) is 4. The molecule has 2 rings (SSSR count). The van der Waals surface area contributed by atoms with Crippen molar-refractivity contribution in [2.45, 2.75) is 34.1 Å². The minimum atomic E-state index is 0.189. The molecule has 2 aromatic heterocycles. The molecule has 0 radical (unpaired) electrons. The second-order valence-corrected chi connectivity index (χ2v) is 5.66. The predicted molar refractivity (Wildman–Crippen MR) is 68.6 cm³/mol. The number of hydrogen-bond donors (Lipinski definition) is 1. The number of nitrogen functional groups attached to an aromatic ring is 1. The summed E-state index contributed by atoms with van der Waals surface area (Å²) >= 11 is 0. The van der Waals surface area contributed by atoms with E-state index < -0.39 is 0 Å². The van der Waals surface area contributed by atoms with Crippen molar-refractivity contribution in [3.8, 4) is 0 Å². The highest BCUT2D eigenvalue weighted by molar-refractivity contribution is 5.86. The molecule has 17 heavy (non-hydrogen) atoms. The van der Waals surface area contributed by atoms with Crippen LogP contribution in [0.25, 0.3) is 11.0 Å². The fourth-order valence-electron chi connectivity index (χ4n) is 1.95. The smallest absolute Gasteiger partial charge is 0.155 e. The summed E-state index contributed by atoms with van der Waals surface area (Å²) in [5.41, 5.74) is 8.77. The van der Waals surface area contributed by atoms with Gasteiger partial charge in [0.1, 0.15) is 11.3 Å². The summed E-state index contributed by atoms with van der Waals surface area (Å²) in [4.78, 5) is 8.61. The lowest BCUT2D eigenvalue weighted by molar-refractivity contribution is 0.399. The second-order valence-electron chi connectivity index (χ2n) is 5.66. The lowest BCUT2D eigenvalue weighted by Gasteiger charge is -2.17. The van der Waals surface area contributed by atoms with E-state index in [1.165, 1.54) is 0 Å². The second kappa shape index (κ2) is 3.68. The molecule has 0 aliphatic carbocycles. The Morgan fingerprint density at radius 1 is 1.18 bits per heavy atom. The van der Waals surface area contributed by atoms with Crippen LogP contribution in [0.4, 0.5) is 5.82 Å². The van der Waals surface area contributed by atoms with E-state index in [9.17, 15) is 0 Å². The largest absolute Gasteiger partial charge is 0.382 e. The van der Waals surface area contributed by atoms with Crippen LogP contribution in [0.15, 0.2) is 0 Å². The molecule has 2 heterocycles. The molecular weight excluding hydrogens is 214 g/mol. The summed E-state index contributed by atoms with van der Waals surface area (Å²) in [5.74, 6) is 1.15. The SMILES string of the molecule is Cc1nc(N)c2nn(C)c(CC(C)(C)C)c2n1. The molecule has 5 heteroatoms. The van der Waals surface area contributed by atoms with Crippen molar-refractivity contribution < 1.29 is 0 Å². The van der Waals surface area contributed by atoms with Crippen LogP contribution < -0.4 is 5.73 Å². The Kier molecular flexibility index (Phi) is 2.56. The molecule has 0 saturated carbocycles. The first-order chi connectivity index (χ1) is 7.78. The Labute approximate surface area is 101 Å². The van der Waals surface area contributed by atoms with E-state index >= 15 is 0 Å². The molecule has 0 spiro atoms. The zero-order valence-electron chi connectivity index (χ0n) is 11.1. The fourth-order valence-corrected chi connectivity index (χ4v) is 1.95. The molecule has 0 bridgehead atoms. The van der Waals surface area contributed by atoms with Gasteiger partial charge in [-0.3, -0.25) is 4.68 Å². The highest BCUT2D eigenvalue weighted by Crippen LogP contribution is 2.26. The summed E-state index contributed by atoms with van der Waals surface area (Å²) in [5, 5.41) is 4.40. The minimum absolute atomic E-state index is 0.189. The van der Waals surface area contributed by atoms with Gasteiger partial charge in [0.2, 0.25) is 0 Å². The van der Waals surface area contributed by atoms with Gasteiger partial charge in [0.25, 0.3) is 0 Å². The molecule has 0 saturated heterocycles. The van der Waals surface area contributed by atoms with Crippen molar-refractivity contribution in [2.75, 3.05) is 5.73 Å². The fraction of sp³-hybridized carbons (Fsp3) is 0.583. The Bertz CT molecular complexity index is 562. The van der Waals surface area contributed by atoms with E-state index in [1.54, 1.807) is 0 Å². The molecule has 5 nitrogen and oxygen atoms in total. The number of aryl methyl sites for hydroxylation is 2. The van der Waals surface area contributed by atoms with Crippen LogP contribution in [0.1, 0.15) is 32.3 Å². The normalized spacial score (nSPS) is 12.3. The number of anilines is 1. The highest BCUT2D eigenvalue weighted by atomic mass is 15.3. The van der Waals surface area contributed by atoms with Gasteiger partial charge in [-0.2, -0.15) is 5.10 Å². The molecule has 0 fully saturated rings. The molecule has 0 aliphatic rings. The molecule has 0 atom stereocenters. The average molecular weight is 233 g/mol. The van der Waals surface area contributed by atoms with Crippen LogP contribution in [-0.4, -0.2) is 19.7 Å². The molecule has 2 aromatic rings. The Morgan fingerprint density at radius 2 is 1.82 bits per heavy atom. The molecule has 92 valence electrons. The van der Waals surface area contributed by atoms with E-state index in [0.717, 1.165) is 17.6 Å². The maximum atomic E-state index is 5.88. The third kappa shape index (κ3) is 2.23. The van der Waals surface area contributed by atoms with Crippen molar-refractivity contribution in [3.63, 3.8) is 0 Å². The van der Waals surface area contributed by atoms with Gasteiger partial charge in [0.05, 0.1) is 5.69 Å². The molecule has 0 aliphatic heterocycles. The van der Waals surface area contributed by atoms with Gasteiger partial charge in [-0.25, -0.2) is 9.97 Å². The molecule has 0 aromatic carbocycles. The van der Waals surface area contributed by atoms with Crippen LogP contribution in [-0.2, 0) is 13.5 Å². The zero-order valence-corrected chi connectivity index (χ0v) is 11.1. The molecule has 0 amide bonds. The van der Waals surface area contributed by atoms with Gasteiger partial charge in [0.15, 0.2) is 11.3 Å². The van der Waals surface area contributed by atoms with Crippen LogP contribution in [0.3, 0.4) is 0 Å². The first-order valence-corrected chi connectivity index (χ1v) is 5.73. The van der Waals surface area contributed by atoms with E-state index in [2.05, 4.69) is 35.8 Å². The maximum Gasteiger partial charge on any atom is 0.155 e. The maximum absolute atomic E-state index is 5.88. The quantitative estimate of drug-likeness (QED) is 0.816. The van der Waals surface area contributed by atoms with Crippen LogP contribution in [0, 0.1) is 12.3 Å². The number of aromatic nitrogens is 4. The Hall–Kier alpha value is -1.65. The van der Waals surface area contributed by atoms with Crippen molar-refractivity contribution in [3.05, 3.63) is 11.5 Å². The first kappa shape index (κ1) is 11.8. The summed E-state index contributed by atoms with van der Waals surface area (Å²) in [6.45, 7) is 8.44.